The Balaban J connectivity index is 1.56. The van der Waals surface area contributed by atoms with Crippen LogP contribution in [0.1, 0.15) is 71.6 Å². The van der Waals surface area contributed by atoms with Crippen LogP contribution in [0.3, 0.4) is 0 Å². The van der Waals surface area contributed by atoms with Crippen molar-refractivity contribution in [2.45, 2.75) is 84.0 Å². The molecule has 4 fully saturated rings. The maximum atomic E-state index is 11.3. The van der Waals surface area contributed by atoms with Gasteiger partial charge in [0, 0.05) is 17.8 Å². The molecule has 2 unspecified atom stereocenters. The van der Waals surface area contributed by atoms with Crippen molar-refractivity contribution in [3.05, 3.63) is 12.2 Å². The van der Waals surface area contributed by atoms with E-state index < -0.39 is 0 Å². The minimum Gasteiger partial charge on any atom is -0.352 e. The van der Waals surface area contributed by atoms with E-state index in [-0.39, 0.29) is 17.1 Å². The number of fused-ring (bicyclic) bond motifs is 3. The van der Waals surface area contributed by atoms with Crippen LogP contribution >= 0.6 is 0 Å². The monoisotopic (exact) mass is 346 g/mol. The molecule has 3 nitrogen and oxygen atoms in total. The highest BCUT2D eigenvalue weighted by atomic mass is 16.7. The summed E-state index contributed by atoms with van der Waals surface area (Å²) >= 11 is 0. The van der Waals surface area contributed by atoms with Crippen LogP contribution in [0.25, 0.3) is 0 Å². The fourth-order valence-electron chi connectivity index (χ4n) is 6.86. The normalized spacial score (nSPS) is 48.0. The lowest BCUT2D eigenvalue weighted by atomic mass is 9.46. The fraction of sp³-hybridized carbons (Fsp3) is 0.864. The Bertz CT molecular complexity index is 537. The van der Waals surface area contributed by atoms with Gasteiger partial charge < -0.3 is 14.3 Å². The Morgan fingerprint density at radius 3 is 2.64 bits per heavy atom. The predicted molar refractivity (Wildman–Crippen MR) is 98.1 cm³/mol. The number of hydrogen-bond acceptors (Lipinski definition) is 3. The van der Waals surface area contributed by atoms with Crippen molar-refractivity contribution in [2.24, 2.45) is 28.6 Å². The molecule has 3 heteroatoms. The topological polar surface area (TPSA) is 35.5 Å². The van der Waals surface area contributed by atoms with Crippen molar-refractivity contribution in [1.29, 1.82) is 0 Å². The average Bonchev–Trinajstić information content (AvgIpc) is 3.12. The highest BCUT2D eigenvalue weighted by molar-refractivity contribution is 5.51. The lowest BCUT2D eigenvalue weighted by Crippen LogP contribution is -2.61. The van der Waals surface area contributed by atoms with E-state index in [9.17, 15) is 4.79 Å². The summed E-state index contributed by atoms with van der Waals surface area (Å²) in [5.74, 6) is 1.49. The first-order valence-electron chi connectivity index (χ1n) is 10.4. The van der Waals surface area contributed by atoms with Crippen LogP contribution in [0, 0.1) is 28.6 Å². The fourth-order valence-corrected chi connectivity index (χ4v) is 6.86. The molecule has 3 aliphatic carbocycles. The van der Waals surface area contributed by atoms with Crippen LogP contribution in [0.15, 0.2) is 12.2 Å². The van der Waals surface area contributed by atoms with E-state index in [4.69, 9.17) is 9.47 Å². The first-order chi connectivity index (χ1) is 12.0. The molecule has 0 bridgehead atoms. The van der Waals surface area contributed by atoms with Gasteiger partial charge in [0.15, 0.2) is 6.29 Å². The summed E-state index contributed by atoms with van der Waals surface area (Å²) in [6.45, 7) is 9.93. The van der Waals surface area contributed by atoms with Crippen LogP contribution in [-0.4, -0.2) is 25.3 Å². The van der Waals surface area contributed by atoms with Crippen LogP contribution in [-0.2, 0) is 14.3 Å². The number of carbonyl (C=O) groups is 1. The van der Waals surface area contributed by atoms with Crippen molar-refractivity contribution >= 4 is 6.29 Å². The Kier molecular flexibility index (Phi) is 4.60. The van der Waals surface area contributed by atoms with Crippen molar-refractivity contribution in [2.75, 3.05) is 6.61 Å². The van der Waals surface area contributed by atoms with Gasteiger partial charge in [-0.15, -0.1) is 0 Å². The molecule has 1 aliphatic heterocycles. The third-order valence-electron chi connectivity index (χ3n) is 8.29. The van der Waals surface area contributed by atoms with E-state index in [1.807, 2.05) is 0 Å². The molecule has 0 N–H and O–H groups in total. The average molecular weight is 347 g/mol. The molecule has 3 saturated carbocycles. The summed E-state index contributed by atoms with van der Waals surface area (Å²) in [6, 6.07) is 0. The number of rotatable bonds is 3. The van der Waals surface area contributed by atoms with E-state index in [0.717, 1.165) is 32.2 Å². The number of hydrogen-bond donors (Lipinski definition) is 0. The molecule has 0 amide bonds. The van der Waals surface area contributed by atoms with Crippen LogP contribution in [0.2, 0.25) is 0 Å². The van der Waals surface area contributed by atoms with Gasteiger partial charge in [0.1, 0.15) is 6.29 Å². The predicted octanol–water partition coefficient (Wildman–Crippen LogP) is 4.90. The Labute approximate surface area is 152 Å². The molecule has 0 aromatic heterocycles. The summed E-state index contributed by atoms with van der Waals surface area (Å²) in [5.41, 5.74) is 1.52. The third-order valence-corrected chi connectivity index (χ3v) is 8.29. The van der Waals surface area contributed by atoms with Gasteiger partial charge in [-0.05, 0) is 55.8 Å². The lowest BCUT2D eigenvalue weighted by molar-refractivity contribution is -0.315. The summed E-state index contributed by atoms with van der Waals surface area (Å²) in [6.07, 6.45) is 11.7. The quantitative estimate of drug-likeness (QED) is 0.539. The molecule has 25 heavy (non-hydrogen) atoms. The van der Waals surface area contributed by atoms with E-state index in [1.165, 1.54) is 37.7 Å². The van der Waals surface area contributed by atoms with Gasteiger partial charge in [0.2, 0.25) is 0 Å². The van der Waals surface area contributed by atoms with Crippen LogP contribution in [0.4, 0.5) is 0 Å². The van der Waals surface area contributed by atoms with Crippen molar-refractivity contribution in [3.63, 3.8) is 0 Å². The summed E-state index contributed by atoms with van der Waals surface area (Å²) < 4.78 is 12.9. The highest BCUT2D eigenvalue weighted by Crippen LogP contribution is 2.63. The van der Waals surface area contributed by atoms with E-state index >= 15 is 0 Å². The zero-order chi connectivity index (χ0) is 17.7. The summed E-state index contributed by atoms with van der Waals surface area (Å²) in [4.78, 5) is 11.3. The maximum absolute atomic E-state index is 11.3. The molecule has 0 radical (unpaired) electrons. The molecular weight excluding hydrogens is 312 g/mol. The first-order valence-corrected chi connectivity index (χ1v) is 10.4. The molecule has 4 aliphatic rings. The lowest BCUT2D eigenvalue weighted by Gasteiger charge is -2.62. The number of aldehydes is 1. The molecule has 0 aromatic carbocycles. The number of allylic oxidation sites excluding steroid dienone is 1. The molecular formula is C22H34O3. The van der Waals surface area contributed by atoms with Gasteiger partial charge in [0.05, 0.1) is 12.7 Å². The van der Waals surface area contributed by atoms with Gasteiger partial charge in [-0.3, -0.25) is 0 Å². The molecule has 0 aromatic rings. The molecule has 140 valence electrons. The second kappa shape index (κ2) is 6.49. The maximum Gasteiger partial charge on any atom is 0.160 e. The van der Waals surface area contributed by atoms with Crippen LogP contribution in [0.5, 0.6) is 0 Å². The smallest absolute Gasteiger partial charge is 0.160 e. The largest absolute Gasteiger partial charge is 0.352 e. The molecule has 6 atom stereocenters. The van der Waals surface area contributed by atoms with Gasteiger partial charge >= 0.3 is 0 Å². The van der Waals surface area contributed by atoms with Gasteiger partial charge in [-0.25, -0.2) is 0 Å². The molecule has 1 heterocycles. The number of ether oxygens (including phenoxy) is 2. The van der Waals surface area contributed by atoms with E-state index in [2.05, 4.69) is 20.4 Å². The number of carbonyl (C=O) groups excluding carboxylic acids is 1. The highest BCUT2D eigenvalue weighted by Gasteiger charge is 2.60. The van der Waals surface area contributed by atoms with Gasteiger partial charge in [-0.1, -0.05) is 38.8 Å². The zero-order valence-electron chi connectivity index (χ0n) is 16.0. The molecule has 1 saturated heterocycles. The SMILES string of the molecule is C=C1CCC2[C@]3(C)CO[C@@H](C4CCCC4)OC3CC[C@@]2(C)[C@@H]1CC=O. The van der Waals surface area contributed by atoms with E-state index in [0.29, 0.717) is 30.3 Å². The third kappa shape index (κ3) is 2.73. The Hall–Kier alpha value is -0.670. The second-order valence-corrected chi connectivity index (χ2v) is 9.60. The molecule has 4 rings (SSSR count). The van der Waals surface area contributed by atoms with Gasteiger partial charge in [-0.2, -0.15) is 0 Å². The zero-order valence-corrected chi connectivity index (χ0v) is 16.0. The minimum absolute atomic E-state index is 0.0225. The van der Waals surface area contributed by atoms with E-state index in [1.54, 1.807) is 0 Å². The molecule has 0 spiro atoms. The minimum atomic E-state index is 0.0225. The van der Waals surface area contributed by atoms with Crippen molar-refractivity contribution < 1.29 is 14.3 Å². The second-order valence-electron chi connectivity index (χ2n) is 9.60. The Morgan fingerprint density at radius 2 is 1.92 bits per heavy atom. The standard InChI is InChI=1S/C22H34O3/c1-15-8-9-18-21(2,17(15)11-13-23)12-10-19-22(18,3)14-24-20(25-19)16-6-4-5-7-16/h13,16-20H,1,4-12,14H2,2-3H3/t17-,18?,19?,20-,21+,22+/m1/s1. The van der Waals surface area contributed by atoms with Crippen LogP contribution < -0.4 is 0 Å². The summed E-state index contributed by atoms with van der Waals surface area (Å²) in [7, 11) is 0. The summed E-state index contributed by atoms with van der Waals surface area (Å²) in [5, 5.41) is 0. The Morgan fingerprint density at radius 1 is 1.16 bits per heavy atom. The first kappa shape index (κ1) is 17.7. The van der Waals surface area contributed by atoms with Gasteiger partial charge in [0.25, 0.3) is 0 Å². The van der Waals surface area contributed by atoms with Crippen molar-refractivity contribution in [1.82, 2.24) is 0 Å². The van der Waals surface area contributed by atoms with Crippen molar-refractivity contribution in [3.8, 4) is 0 Å².